The van der Waals surface area contributed by atoms with Gasteiger partial charge in [-0.15, -0.1) is 0 Å². The molecule has 0 aromatic carbocycles. The van der Waals surface area contributed by atoms with Crippen LogP contribution in [0.3, 0.4) is 0 Å². The van der Waals surface area contributed by atoms with E-state index in [1.54, 1.807) is 0 Å². The van der Waals surface area contributed by atoms with E-state index < -0.39 is 18.1 Å². The lowest BCUT2D eigenvalue weighted by Crippen LogP contribution is -2.55. The van der Waals surface area contributed by atoms with Gasteiger partial charge in [-0.2, -0.15) is 0 Å². The highest BCUT2D eigenvalue weighted by molar-refractivity contribution is 5.05. The number of hydrogen-bond donors (Lipinski definition) is 1. The number of aliphatic hydroxyl groups is 1. The molecule has 4 aliphatic rings. The van der Waals surface area contributed by atoms with Gasteiger partial charge < -0.3 is 9.84 Å². The normalized spacial score (nSPS) is 46.7. The molecule has 0 amide bonds. The fraction of sp³-hybridized carbons (Fsp3) is 1.00. The largest absolute Gasteiger partial charge is 0.390 e. The molecular weight excluding hydrogens is 238 g/mol. The lowest BCUT2D eigenvalue weighted by molar-refractivity contribution is -0.169. The molecule has 4 aliphatic carbocycles. The van der Waals surface area contributed by atoms with Crippen LogP contribution in [-0.2, 0) is 4.74 Å². The lowest BCUT2D eigenvalue weighted by atomic mass is 9.50. The van der Waals surface area contributed by atoms with Gasteiger partial charge in [0, 0.05) is 6.92 Å². The molecule has 0 heterocycles. The Balaban J connectivity index is 1.58. The third-order valence-corrected chi connectivity index (χ3v) is 5.10. The molecule has 0 aliphatic heterocycles. The van der Waals surface area contributed by atoms with Crippen LogP contribution >= 0.6 is 0 Å². The van der Waals surface area contributed by atoms with Crippen LogP contribution in [0.25, 0.3) is 0 Å². The summed E-state index contributed by atoms with van der Waals surface area (Å²) in [6.07, 6.45) is 5.00. The Hall–Kier alpha value is -0.220. The molecule has 0 spiro atoms. The molecule has 0 aromatic heterocycles. The summed E-state index contributed by atoms with van der Waals surface area (Å²) >= 11 is 0. The van der Waals surface area contributed by atoms with Gasteiger partial charge in [-0.25, -0.2) is 8.78 Å². The van der Waals surface area contributed by atoms with Gasteiger partial charge in [0.15, 0.2) is 0 Å². The second-order valence-corrected chi connectivity index (χ2v) is 6.94. The summed E-state index contributed by atoms with van der Waals surface area (Å²) in [6, 6.07) is 0. The molecule has 4 fully saturated rings. The molecule has 2 nitrogen and oxygen atoms in total. The number of ether oxygens (including phenoxy) is 1. The maximum absolute atomic E-state index is 12.7. The quantitative estimate of drug-likeness (QED) is 0.842. The fourth-order valence-corrected chi connectivity index (χ4v) is 4.73. The van der Waals surface area contributed by atoms with Crippen molar-refractivity contribution in [1.29, 1.82) is 0 Å². The van der Waals surface area contributed by atoms with E-state index >= 15 is 0 Å². The van der Waals surface area contributed by atoms with Crippen LogP contribution in [0.1, 0.15) is 39.0 Å². The van der Waals surface area contributed by atoms with E-state index in [9.17, 15) is 13.9 Å². The summed E-state index contributed by atoms with van der Waals surface area (Å²) in [5, 5.41) is 10.4. The van der Waals surface area contributed by atoms with Crippen LogP contribution in [0.15, 0.2) is 0 Å². The fourth-order valence-electron chi connectivity index (χ4n) is 4.73. The summed E-state index contributed by atoms with van der Waals surface area (Å²) < 4.78 is 30.7. The van der Waals surface area contributed by atoms with Gasteiger partial charge in [0.1, 0.15) is 6.61 Å². The Kier molecular flexibility index (Phi) is 2.94. The predicted molar refractivity (Wildman–Crippen MR) is 63.4 cm³/mol. The smallest absolute Gasteiger partial charge is 0.268 e. The zero-order valence-electron chi connectivity index (χ0n) is 10.9. The highest BCUT2D eigenvalue weighted by Crippen LogP contribution is 2.58. The van der Waals surface area contributed by atoms with Crippen molar-refractivity contribution in [1.82, 2.24) is 0 Å². The van der Waals surface area contributed by atoms with Crippen molar-refractivity contribution in [3.05, 3.63) is 0 Å². The first-order valence-corrected chi connectivity index (χ1v) is 7.03. The van der Waals surface area contributed by atoms with E-state index in [2.05, 4.69) is 0 Å². The van der Waals surface area contributed by atoms with Gasteiger partial charge in [0.2, 0.25) is 0 Å². The molecule has 0 aromatic rings. The summed E-state index contributed by atoms with van der Waals surface area (Å²) in [5.74, 6) is -0.691. The molecule has 0 radical (unpaired) electrons. The average molecular weight is 260 g/mol. The van der Waals surface area contributed by atoms with Crippen LogP contribution in [0.2, 0.25) is 0 Å². The van der Waals surface area contributed by atoms with Crippen LogP contribution in [-0.4, -0.2) is 29.8 Å². The average Bonchev–Trinajstić information content (AvgIpc) is 2.18. The van der Waals surface area contributed by atoms with Crippen molar-refractivity contribution in [3.8, 4) is 0 Å². The molecular formula is C14H22F2O2. The first-order chi connectivity index (χ1) is 8.35. The van der Waals surface area contributed by atoms with E-state index in [4.69, 9.17) is 4.74 Å². The van der Waals surface area contributed by atoms with E-state index in [0.717, 1.165) is 39.0 Å². The summed E-state index contributed by atoms with van der Waals surface area (Å²) in [4.78, 5) is 0. The number of hydrogen-bond acceptors (Lipinski definition) is 2. The van der Waals surface area contributed by atoms with Gasteiger partial charge >= 0.3 is 0 Å². The minimum absolute atomic E-state index is 0.393. The molecule has 4 heteroatoms. The van der Waals surface area contributed by atoms with Crippen molar-refractivity contribution < 1.29 is 18.6 Å². The molecule has 104 valence electrons. The molecule has 2 atom stereocenters. The van der Waals surface area contributed by atoms with Gasteiger partial charge in [0.05, 0.1) is 12.2 Å². The molecule has 4 rings (SSSR count). The molecule has 1 N–H and O–H groups in total. The SMILES string of the molecule is CC(F)(F)COCC1C2CC3CC1CC(O)(C3)C2. The molecule has 4 saturated carbocycles. The zero-order chi connectivity index (χ0) is 13.0. The van der Waals surface area contributed by atoms with Crippen LogP contribution < -0.4 is 0 Å². The Labute approximate surface area is 107 Å². The predicted octanol–water partition coefficient (Wildman–Crippen LogP) is 2.85. The Morgan fingerprint density at radius 1 is 1.22 bits per heavy atom. The maximum Gasteiger partial charge on any atom is 0.268 e. The summed E-state index contributed by atoms with van der Waals surface area (Å²) in [7, 11) is 0. The molecule has 4 bridgehead atoms. The minimum atomic E-state index is -2.73. The van der Waals surface area contributed by atoms with Crippen LogP contribution in [0.4, 0.5) is 8.78 Å². The minimum Gasteiger partial charge on any atom is -0.390 e. The van der Waals surface area contributed by atoms with Gasteiger partial charge in [-0.3, -0.25) is 0 Å². The molecule has 18 heavy (non-hydrogen) atoms. The topological polar surface area (TPSA) is 29.5 Å². The first-order valence-electron chi connectivity index (χ1n) is 7.03. The van der Waals surface area contributed by atoms with Crippen molar-refractivity contribution in [3.63, 3.8) is 0 Å². The van der Waals surface area contributed by atoms with Crippen molar-refractivity contribution in [2.45, 2.75) is 50.6 Å². The second-order valence-electron chi connectivity index (χ2n) is 6.94. The Morgan fingerprint density at radius 2 is 1.83 bits per heavy atom. The van der Waals surface area contributed by atoms with Crippen molar-refractivity contribution in [2.24, 2.45) is 23.7 Å². The molecule has 2 unspecified atom stereocenters. The van der Waals surface area contributed by atoms with Crippen molar-refractivity contribution >= 4 is 0 Å². The van der Waals surface area contributed by atoms with E-state index in [-0.39, 0.29) is 0 Å². The summed E-state index contributed by atoms with van der Waals surface area (Å²) in [5.41, 5.74) is -0.443. The number of rotatable bonds is 4. The number of alkyl halides is 2. The zero-order valence-corrected chi connectivity index (χ0v) is 10.9. The number of halogens is 2. The maximum atomic E-state index is 12.7. The highest BCUT2D eigenvalue weighted by atomic mass is 19.3. The Bertz CT molecular complexity index is 310. The first kappa shape index (κ1) is 12.8. The van der Waals surface area contributed by atoms with Gasteiger partial charge in [-0.1, -0.05) is 0 Å². The van der Waals surface area contributed by atoms with E-state index in [0.29, 0.717) is 30.3 Å². The van der Waals surface area contributed by atoms with E-state index in [1.807, 2.05) is 0 Å². The third kappa shape index (κ3) is 2.42. The summed E-state index contributed by atoms with van der Waals surface area (Å²) in [6.45, 7) is 0.866. The third-order valence-electron chi connectivity index (χ3n) is 5.10. The Morgan fingerprint density at radius 3 is 2.33 bits per heavy atom. The van der Waals surface area contributed by atoms with Crippen LogP contribution in [0, 0.1) is 23.7 Å². The lowest BCUT2D eigenvalue weighted by Gasteiger charge is -2.58. The van der Waals surface area contributed by atoms with Gasteiger partial charge in [-0.05, 0) is 55.8 Å². The second kappa shape index (κ2) is 4.14. The highest BCUT2D eigenvalue weighted by Gasteiger charge is 2.54. The van der Waals surface area contributed by atoms with E-state index in [1.165, 1.54) is 0 Å². The van der Waals surface area contributed by atoms with Crippen LogP contribution in [0.5, 0.6) is 0 Å². The molecule has 0 saturated heterocycles. The monoisotopic (exact) mass is 260 g/mol. The van der Waals surface area contributed by atoms with Gasteiger partial charge in [0.25, 0.3) is 5.92 Å². The standard InChI is InChI=1S/C14H22F2O2/c1-13(15,16)8-18-7-12-10-2-9-3-11(12)6-14(17,4-9)5-10/h9-12,17H,2-8H2,1H3. The van der Waals surface area contributed by atoms with Crippen molar-refractivity contribution in [2.75, 3.05) is 13.2 Å².